The molecular weight excluding hydrogens is 356 g/mol. The summed E-state index contributed by atoms with van der Waals surface area (Å²) in [6.45, 7) is 1.05. The standard InChI is InChI=1S/C20H24N6O2/c1-25-23-14-26(24-25)13-20(27,10-15-2-3-15)19-9-8-18(12-22-19)28-17-6-4-16(11-21)5-7-17/h4-9,12,15,23-24,27H,2-3,10,13-14H2,1H3. The minimum Gasteiger partial charge on any atom is -0.456 e. The molecule has 4 rings (SSSR count). The van der Waals surface area contributed by atoms with Crippen molar-refractivity contribution in [1.29, 1.82) is 5.26 Å². The molecule has 0 radical (unpaired) electrons. The Morgan fingerprint density at radius 3 is 2.57 bits per heavy atom. The third kappa shape index (κ3) is 4.47. The molecule has 1 saturated heterocycles. The number of aromatic nitrogens is 1. The van der Waals surface area contributed by atoms with Gasteiger partial charge in [-0.2, -0.15) is 15.9 Å². The Kier molecular flexibility index (Phi) is 5.26. The van der Waals surface area contributed by atoms with Gasteiger partial charge in [0.05, 0.1) is 36.7 Å². The third-order valence-electron chi connectivity index (χ3n) is 5.00. The van der Waals surface area contributed by atoms with Gasteiger partial charge in [0.25, 0.3) is 0 Å². The molecule has 1 aliphatic heterocycles. The molecule has 28 heavy (non-hydrogen) atoms. The normalized spacial score (nSPS) is 19.9. The number of aliphatic hydroxyl groups is 1. The summed E-state index contributed by atoms with van der Waals surface area (Å²) in [6.07, 6.45) is 4.65. The molecule has 0 amide bonds. The third-order valence-corrected chi connectivity index (χ3v) is 5.00. The summed E-state index contributed by atoms with van der Waals surface area (Å²) >= 11 is 0. The van der Waals surface area contributed by atoms with Crippen LogP contribution in [0.1, 0.15) is 30.5 Å². The predicted molar refractivity (Wildman–Crippen MR) is 102 cm³/mol. The zero-order valence-electron chi connectivity index (χ0n) is 15.8. The van der Waals surface area contributed by atoms with Gasteiger partial charge in [-0.25, -0.2) is 10.4 Å². The molecule has 1 atom stereocenters. The highest BCUT2D eigenvalue weighted by molar-refractivity contribution is 5.37. The van der Waals surface area contributed by atoms with Crippen molar-refractivity contribution >= 4 is 0 Å². The van der Waals surface area contributed by atoms with Gasteiger partial charge in [0, 0.05) is 7.05 Å². The molecule has 1 unspecified atom stereocenters. The van der Waals surface area contributed by atoms with Gasteiger partial charge in [0.1, 0.15) is 17.1 Å². The second-order valence-electron chi connectivity index (χ2n) is 7.47. The number of nitriles is 1. The van der Waals surface area contributed by atoms with E-state index >= 15 is 0 Å². The van der Waals surface area contributed by atoms with Gasteiger partial charge < -0.3 is 9.84 Å². The van der Waals surface area contributed by atoms with Gasteiger partial charge in [-0.3, -0.25) is 4.98 Å². The highest BCUT2D eigenvalue weighted by Crippen LogP contribution is 2.41. The average molecular weight is 380 g/mol. The number of nitrogens with zero attached hydrogens (tertiary/aromatic N) is 4. The lowest BCUT2D eigenvalue weighted by Gasteiger charge is -2.31. The molecule has 2 fully saturated rings. The first-order chi connectivity index (χ1) is 13.5. The molecule has 1 saturated carbocycles. The van der Waals surface area contributed by atoms with Crippen LogP contribution in [0.2, 0.25) is 0 Å². The van der Waals surface area contributed by atoms with E-state index in [1.54, 1.807) is 35.6 Å². The molecule has 0 spiro atoms. The predicted octanol–water partition coefficient (Wildman–Crippen LogP) is 1.86. The fraction of sp³-hybridized carbons (Fsp3) is 0.400. The molecule has 1 aromatic heterocycles. The number of hydrogen-bond acceptors (Lipinski definition) is 8. The van der Waals surface area contributed by atoms with E-state index in [4.69, 9.17) is 10.00 Å². The smallest absolute Gasteiger partial charge is 0.145 e. The molecule has 2 aromatic rings. The maximum Gasteiger partial charge on any atom is 0.145 e. The van der Waals surface area contributed by atoms with Crippen molar-refractivity contribution in [2.45, 2.75) is 24.9 Å². The molecule has 0 bridgehead atoms. The van der Waals surface area contributed by atoms with E-state index in [9.17, 15) is 5.11 Å². The number of ether oxygens (including phenoxy) is 1. The van der Waals surface area contributed by atoms with Crippen LogP contribution < -0.4 is 15.7 Å². The highest BCUT2D eigenvalue weighted by atomic mass is 16.5. The second kappa shape index (κ2) is 7.83. The Balaban J connectivity index is 1.47. The number of benzene rings is 1. The number of hydrazine groups is 3. The van der Waals surface area contributed by atoms with Crippen LogP contribution in [-0.4, -0.2) is 40.5 Å². The molecule has 2 heterocycles. The molecule has 2 aliphatic rings. The Hall–Kier alpha value is -2.54. The van der Waals surface area contributed by atoms with E-state index in [-0.39, 0.29) is 0 Å². The van der Waals surface area contributed by atoms with Crippen LogP contribution in [0.3, 0.4) is 0 Å². The average Bonchev–Trinajstić information content (AvgIpc) is 3.42. The first-order valence-electron chi connectivity index (χ1n) is 9.39. The van der Waals surface area contributed by atoms with Crippen LogP contribution in [0.15, 0.2) is 42.6 Å². The number of hydrogen-bond donors (Lipinski definition) is 3. The van der Waals surface area contributed by atoms with Gasteiger partial charge in [-0.15, -0.1) is 0 Å². The largest absolute Gasteiger partial charge is 0.456 e. The highest BCUT2D eigenvalue weighted by Gasteiger charge is 2.40. The van der Waals surface area contributed by atoms with Gasteiger partial charge in [-0.1, -0.05) is 12.8 Å². The van der Waals surface area contributed by atoms with Crippen molar-refractivity contribution in [1.82, 2.24) is 26.1 Å². The molecule has 1 aliphatic carbocycles. The molecular formula is C20H24N6O2. The van der Waals surface area contributed by atoms with Crippen molar-refractivity contribution in [3.63, 3.8) is 0 Å². The van der Waals surface area contributed by atoms with Crippen LogP contribution in [0.25, 0.3) is 0 Å². The van der Waals surface area contributed by atoms with Crippen molar-refractivity contribution in [3.05, 3.63) is 53.9 Å². The maximum atomic E-state index is 11.4. The number of nitrogens with one attached hydrogen (secondary N) is 2. The molecule has 8 nitrogen and oxygen atoms in total. The Morgan fingerprint density at radius 1 is 1.25 bits per heavy atom. The summed E-state index contributed by atoms with van der Waals surface area (Å²) in [5.74, 6) is 1.77. The fourth-order valence-electron chi connectivity index (χ4n) is 3.38. The van der Waals surface area contributed by atoms with E-state index in [1.807, 2.05) is 24.2 Å². The first kappa shape index (κ1) is 18.8. The topological polar surface area (TPSA) is 96.7 Å². The Morgan fingerprint density at radius 2 is 2.00 bits per heavy atom. The van der Waals surface area contributed by atoms with Gasteiger partial charge >= 0.3 is 0 Å². The number of β-amino-alcohol motifs (C(OH)–C–C–N with tert-alkyl or cyclic N) is 1. The summed E-state index contributed by atoms with van der Waals surface area (Å²) in [5.41, 5.74) is 6.47. The van der Waals surface area contributed by atoms with Gasteiger partial charge in [0.2, 0.25) is 0 Å². The first-order valence-corrected chi connectivity index (χ1v) is 9.39. The summed E-state index contributed by atoms with van der Waals surface area (Å²) in [5, 5.41) is 24.0. The van der Waals surface area contributed by atoms with Crippen molar-refractivity contribution in [2.75, 3.05) is 20.3 Å². The van der Waals surface area contributed by atoms with Crippen molar-refractivity contribution < 1.29 is 9.84 Å². The van der Waals surface area contributed by atoms with Crippen LogP contribution >= 0.6 is 0 Å². The van der Waals surface area contributed by atoms with E-state index in [1.165, 1.54) is 0 Å². The van der Waals surface area contributed by atoms with Crippen molar-refractivity contribution in [2.24, 2.45) is 5.92 Å². The summed E-state index contributed by atoms with van der Waals surface area (Å²) in [6, 6.07) is 12.6. The SMILES string of the molecule is CN1NCN(CC(O)(CC2CC2)c2ccc(Oc3ccc(C#N)cc3)cn2)N1. The molecule has 146 valence electrons. The summed E-state index contributed by atoms with van der Waals surface area (Å²) in [7, 11) is 1.88. The quantitative estimate of drug-likeness (QED) is 0.670. The van der Waals surface area contributed by atoms with E-state index in [0.717, 1.165) is 12.8 Å². The van der Waals surface area contributed by atoms with Gasteiger partial charge in [-0.05, 0) is 48.7 Å². The van der Waals surface area contributed by atoms with E-state index in [0.29, 0.717) is 48.3 Å². The lowest BCUT2D eigenvalue weighted by molar-refractivity contribution is -0.0329. The molecule has 3 N–H and O–H groups in total. The maximum absolute atomic E-state index is 11.4. The van der Waals surface area contributed by atoms with Crippen LogP contribution in [-0.2, 0) is 5.60 Å². The minimum absolute atomic E-state index is 0.434. The zero-order valence-corrected chi connectivity index (χ0v) is 15.8. The minimum atomic E-state index is -1.03. The number of rotatable bonds is 7. The monoisotopic (exact) mass is 380 g/mol. The van der Waals surface area contributed by atoms with Crippen LogP contribution in [0.4, 0.5) is 0 Å². The van der Waals surface area contributed by atoms with Crippen LogP contribution in [0.5, 0.6) is 11.5 Å². The lowest BCUT2D eigenvalue weighted by atomic mass is 9.92. The van der Waals surface area contributed by atoms with Gasteiger partial charge in [0.15, 0.2) is 0 Å². The summed E-state index contributed by atoms with van der Waals surface area (Å²) in [4.78, 5) is 4.51. The number of pyridine rings is 1. The van der Waals surface area contributed by atoms with E-state index < -0.39 is 5.60 Å². The zero-order chi connectivity index (χ0) is 19.6. The van der Waals surface area contributed by atoms with Crippen molar-refractivity contribution in [3.8, 4) is 17.6 Å². The molecule has 1 aromatic carbocycles. The van der Waals surface area contributed by atoms with Crippen LogP contribution in [0, 0.1) is 17.2 Å². The fourth-order valence-corrected chi connectivity index (χ4v) is 3.38. The molecule has 8 heteroatoms. The Labute approximate surface area is 164 Å². The summed E-state index contributed by atoms with van der Waals surface area (Å²) < 4.78 is 5.79. The Bertz CT molecular complexity index is 846. The second-order valence-corrected chi connectivity index (χ2v) is 7.47. The van der Waals surface area contributed by atoms with E-state index in [2.05, 4.69) is 22.0 Å². The lowest BCUT2D eigenvalue weighted by Crippen LogP contribution is -2.47.